The Kier molecular flexibility index (Phi) is 16.2. The van der Waals surface area contributed by atoms with Gasteiger partial charge in [0.1, 0.15) is 0 Å². The average molecular weight is 300 g/mol. The van der Waals surface area contributed by atoms with Crippen LogP contribution < -0.4 is 5.32 Å². The fourth-order valence-corrected chi connectivity index (χ4v) is 3.10. The Morgan fingerprint density at radius 1 is 0.857 bits per heavy atom. The van der Waals surface area contributed by atoms with Gasteiger partial charge in [0.25, 0.3) is 0 Å². The van der Waals surface area contributed by atoms with Crippen molar-refractivity contribution in [2.75, 3.05) is 20.8 Å². The second kappa shape index (κ2) is 16.3. The van der Waals surface area contributed by atoms with E-state index in [1.54, 1.807) is 7.11 Å². The maximum atomic E-state index is 5.23. The Bertz CT molecular complexity index is 196. The molecule has 2 atom stereocenters. The molecule has 0 aliphatic carbocycles. The van der Waals surface area contributed by atoms with Crippen molar-refractivity contribution < 1.29 is 4.74 Å². The molecule has 0 radical (unpaired) electrons. The number of ether oxygens (including phenoxy) is 1. The van der Waals surface area contributed by atoms with E-state index in [1.807, 2.05) is 0 Å². The summed E-state index contributed by atoms with van der Waals surface area (Å²) >= 11 is 0. The van der Waals surface area contributed by atoms with Gasteiger partial charge in [0.05, 0.1) is 0 Å². The van der Waals surface area contributed by atoms with E-state index in [0.717, 1.165) is 6.61 Å². The van der Waals surface area contributed by atoms with Gasteiger partial charge in [0.15, 0.2) is 0 Å². The second-order valence-corrected chi connectivity index (χ2v) is 6.75. The van der Waals surface area contributed by atoms with E-state index in [1.165, 1.54) is 77.0 Å². The maximum Gasteiger partial charge on any atom is 0.0488 e. The van der Waals surface area contributed by atoms with Gasteiger partial charge in [0.2, 0.25) is 0 Å². The Hall–Kier alpha value is -0.0800. The lowest BCUT2D eigenvalue weighted by molar-refractivity contribution is 0.149. The van der Waals surface area contributed by atoms with Gasteiger partial charge in [-0.2, -0.15) is 0 Å². The molecule has 2 unspecified atom stereocenters. The molecule has 0 aliphatic heterocycles. The first-order valence-electron chi connectivity index (χ1n) is 9.40. The summed E-state index contributed by atoms with van der Waals surface area (Å²) in [6.07, 6.45) is 16.8. The zero-order valence-corrected chi connectivity index (χ0v) is 15.3. The number of unbranched alkanes of at least 4 members (excludes halogenated alkanes) is 9. The highest BCUT2D eigenvalue weighted by molar-refractivity contribution is 4.68. The summed E-state index contributed by atoms with van der Waals surface area (Å²) in [5.41, 5.74) is 0. The van der Waals surface area contributed by atoms with E-state index < -0.39 is 0 Å². The Balaban J connectivity index is 3.35. The molecule has 0 aliphatic rings. The minimum absolute atomic E-state index is 0.663. The summed E-state index contributed by atoms with van der Waals surface area (Å²) in [5, 5.41) is 3.47. The number of methoxy groups -OCH3 is 1. The molecule has 0 bridgehead atoms. The van der Waals surface area contributed by atoms with Crippen LogP contribution in [0, 0.1) is 5.92 Å². The molecule has 1 N–H and O–H groups in total. The van der Waals surface area contributed by atoms with Gasteiger partial charge in [0, 0.05) is 19.8 Å². The van der Waals surface area contributed by atoms with Crippen LogP contribution in [0.2, 0.25) is 0 Å². The van der Waals surface area contributed by atoms with Crippen molar-refractivity contribution in [1.29, 1.82) is 0 Å². The molecule has 0 saturated carbocycles. The quantitative estimate of drug-likeness (QED) is 0.377. The van der Waals surface area contributed by atoms with E-state index in [0.29, 0.717) is 12.0 Å². The highest BCUT2D eigenvalue weighted by Gasteiger charge is 2.10. The number of hydrogen-bond donors (Lipinski definition) is 1. The summed E-state index contributed by atoms with van der Waals surface area (Å²) in [5.74, 6) is 0.663. The Morgan fingerprint density at radius 3 is 1.86 bits per heavy atom. The van der Waals surface area contributed by atoms with Crippen LogP contribution in [0.4, 0.5) is 0 Å². The SMILES string of the molecule is CCCCCCCCCCCCC(CC(C)COC)NC. The minimum Gasteiger partial charge on any atom is -0.384 e. The lowest BCUT2D eigenvalue weighted by Gasteiger charge is -2.20. The van der Waals surface area contributed by atoms with Crippen LogP contribution in [0.1, 0.15) is 90.9 Å². The first kappa shape index (κ1) is 20.9. The van der Waals surface area contributed by atoms with Gasteiger partial charge >= 0.3 is 0 Å². The Labute approximate surface area is 134 Å². The zero-order valence-electron chi connectivity index (χ0n) is 15.3. The summed E-state index contributed by atoms with van der Waals surface area (Å²) in [6, 6.07) is 0.671. The van der Waals surface area contributed by atoms with Gasteiger partial charge in [-0.15, -0.1) is 0 Å². The fourth-order valence-electron chi connectivity index (χ4n) is 3.10. The van der Waals surface area contributed by atoms with E-state index >= 15 is 0 Å². The van der Waals surface area contributed by atoms with Crippen LogP contribution in [0.25, 0.3) is 0 Å². The van der Waals surface area contributed by atoms with E-state index in [4.69, 9.17) is 4.74 Å². The highest BCUT2D eigenvalue weighted by Crippen LogP contribution is 2.15. The van der Waals surface area contributed by atoms with Crippen LogP contribution in [0.15, 0.2) is 0 Å². The Morgan fingerprint density at radius 2 is 1.38 bits per heavy atom. The normalized spacial score (nSPS) is 14.3. The first-order valence-corrected chi connectivity index (χ1v) is 9.40. The standard InChI is InChI=1S/C19H41NO/c1-5-6-7-8-9-10-11-12-13-14-15-19(20-3)16-18(2)17-21-4/h18-20H,5-17H2,1-4H3. The second-order valence-electron chi connectivity index (χ2n) is 6.75. The topological polar surface area (TPSA) is 21.3 Å². The van der Waals surface area contributed by atoms with Crippen molar-refractivity contribution in [3.05, 3.63) is 0 Å². The van der Waals surface area contributed by atoms with Crippen molar-refractivity contribution in [1.82, 2.24) is 5.32 Å². The number of hydrogen-bond acceptors (Lipinski definition) is 2. The number of nitrogens with one attached hydrogen (secondary N) is 1. The van der Waals surface area contributed by atoms with Gasteiger partial charge in [-0.1, -0.05) is 78.1 Å². The van der Waals surface area contributed by atoms with Crippen molar-refractivity contribution in [2.24, 2.45) is 5.92 Å². The molecule has 0 saturated heterocycles. The summed E-state index contributed by atoms with van der Waals surface area (Å²) < 4.78 is 5.23. The fraction of sp³-hybridized carbons (Fsp3) is 1.00. The van der Waals surface area contributed by atoms with Gasteiger partial charge < -0.3 is 10.1 Å². The van der Waals surface area contributed by atoms with Crippen LogP contribution >= 0.6 is 0 Å². The lowest BCUT2D eigenvalue weighted by atomic mass is 9.97. The van der Waals surface area contributed by atoms with Crippen LogP contribution in [-0.2, 0) is 4.74 Å². The zero-order chi connectivity index (χ0) is 15.8. The monoisotopic (exact) mass is 299 g/mol. The van der Waals surface area contributed by atoms with Crippen molar-refractivity contribution in [2.45, 2.75) is 96.9 Å². The molecule has 128 valence electrons. The largest absolute Gasteiger partial charge is 0.384 e. The van der Waals surface area contributed by atoms with Crippen LogP contribution in [0.5, 0.6) is 0 Å². The molecule has 0 spiro atoms. The van der Waals surface area contributed by atoms with Gasteiger partial charge in [-0.25, -0.2) is 0 Å². The molecule has 2 heteroatoms. The summed E-state index contributed by atoms with van der Waals surface area (Å²) in [6.45, 7) is 5.46. The van der Waals surface area contributed by atoms with Crippen LogP contribution in [-0.4, -0.2) is 26.8 Å². The summed E-state index contributed by atoms with van der Waals surface area (Å²) in [7, 11) is 3.90. The van der Waals surface area contributed by atoms with Crippen molar-refractivity contribution in [3.8, 4) is 0 Å². The lowest BCUT2D eigenvalue weighted by Crippen LogP contribution is -2.28. The molecule has 0 amide bonds. The minimum atomic E-state index is 0.663. The van der Waals surface area contributed by atoms with Gasteiger partial charge in [-0.3, -0.25) is 0 Å². The molecule has 0 heterocycles. The third kappa shape index (κ3) is 14.6. The molecular weight excluding hydrogens is 258 g/mol. The third-order valence-corrected chi connectivity index (χ3v) is 4.45. The molecule has 21 heavy (non-hydrogen) atoms. The first-order chi connectivity index (χ1) is 10.2. The van der Waals surface area contributed by atoms with E-state index in [9.17, 15) is 0 Å². The molecule has 2 nitrogen and oxygen atoms in total. The molecule has 0 aromatic carbocycles. The van der Waals surface area contributed by atoms with Crippen LogP contribution in [0.3, 0.4) is 0 Å². The highest BCUT2D eigenvalue weighted by atomic mass is 16.5. The molecule has 0 rings (SSSR count). The van der Waals surface area contributed by atoms with Gasteiger partial charge in [-0.05, 0) is 25.8 Å². The molecule has 0 aromatic heterocycles. The predicted molar refractivity (Wildman–Crippen MR) is 95.0 cm³/mol. The molecule has 0 fully saturated rings. The molecular formula is C19H41NO. The third-order valence-electron chi connectivity index (χ3n) is 4.45. The van der Waals surface area contributed by atoms with Crippen molar-refractivity contribution >= 4 is 0 Å². The summed E-state index contributed by atoms with van der Waals surface area (Å²) in [4.78, 5) is 0. The van der Waals surface area contributed by atoms with E-state index in [2.05, 4.69) is 26.2 Å². The predicted octanol–water partition coefficient (Wildman–Crippen LogP) is 5.56. The number of rotatable bonds is 16. The maximum absolute atomic E-state index is 5.23. The average Bonchev–Trinajstić information content (AvgIpc) is 2.48. The van der Waals surface area contributed by atoms with E-state index in [-0.39, 0.29) is 0 Å². The smallest absolute Gasteiger partial charge is 0.0488 e. The van der Waals surface area contributed by atoms with Crippen molar-refractivity contribution in [3.63, 3.8) is 0 Å². The molecule has 0 aromatic rings.